The molecule has 0 atom stereocenters. The van der Waals surface area contributed by atoms with Crippen LogP contribution in [0.1, 0.15) is 5.56 Å². The third kappa shape index (κ3) is 5.00. The zero-order chi connectivity index (χ0) is 17.6. The topological polar surface area (TPSA) is 9.72 Å². The Morgan fingerprint density at radius 3 is 2.16 bits per heavy atom. The summed E-state index contributed by atoms with van der Waals surface area (Å²) in [7, 11) is 4.13. The first kappa shape index (κ1) is 17.8. The molecule has 132 valence electrons. The van der Waals surface area contributed by atoms with Crippen LogP contribution in [0.25, 0.3) is 6.08 Å². The zero-order valence-electron chi connectivity index (χ0n) is 15.0. The van der Waals surface area contributed by atoms with Gasteiger partial charge in [0.05, 0.1) is 0 Å². The van der Waals surface area contributed by atoms with Gasteiger partial charge in [-0.3, -0.25) is 4.90 Å². The SMILES string of the molecule is CN(C)c1ccc(C=CCN2CCN(c3ccc(Cl)cc3)CC2)cc1. The van der Waals surface area contributed by atoms with Gasteiger partial charge in [0.1, 0.15) is 0 Å². The molecule has 0 aliphatic carbocycles. The summed E-state index contributed by atoms with van der Waals surface area (Å²) in [6.45, 7) is 5.31. The van der Waals surface area contributed by atoms with Crippen molar-refractivity contribution in [2.24, 2.45) is 0 Å². The van der Waals surface area contributed by atoms with E-state index in [1.54, 1.807) is 0 Å². The molecule has 1 saturated heterocycles. The normalized spacial score (nSPS) is 15.7. The first-order valence-corrected chi connectivity index (χ1v) is 9.16. The molecule has 0 bridgehead atoms. The minimum Gasteiger partial charge on any atom is -0.378 e. The Hall–Kier alpha value is -1.97. The van der Waals surface area contributed by atoms with E-state index in [2.05, 4.69) is 77.3 Å². The van der Waals surface area contributed by atoms with Crippen LogP contribution in [0, 0.1) is 0 Å². The van der Waals surface area contributed by atoms with Crippen molar-refractivity contribution < 1.29 is 0 Å². The second-order valence-corrected chi connectivity index (χ2v) is 7.09. The fourth-order valence-electron chi connectivity index (χ4n) is 3.06. The quantitative estimate of drug-likeness (QED) is 0.794. The van der Waals surface area contributed by atoms with E-state index >= 15 is 0 Å². The van der Waals surface area contributed by atoms with Crippen LogP contribution in [0.2, 0.25) is 5.02 Å². The van der Waals surface area contributed by atoms with Gasteiger partial charge in [-0.2, -0.15) is 0 Å². The van der Waals surface area contributed by atoms with Crippen LogP contribution >= 0.6 is 11.6 Å². The van der Waals surface area contributed by atoms with Gasteiger partial charge in [-0.15, -0.1) is 0 Å². The second-order valence-electron chi connectivity index (χ2n) is 6.65. The summed E-state index contributed by atoms with van der Waals surface area (Å²) in [5.74, 6) is 0. The Labute approximate surface area is 156 Å². The molecule has 4 heteroatoms. The van der Waals surface area contributed by atoms with E-state index in [0.717, 1.165) is 37.7 Å². The van der Waals surface area contributed by atoms with Crippen LogP contribution in [0.15, 0.2) is 54.6 Å². The Morgan fingerprint density at radius 1 is 0.920 bits per heavy atom. The lowest BCUT2D eigenvalue weighted by molar-refractivity contribution is 0.284. The third-order valence-corrected chi connectivity index (χ3v) is 4.90. The van der Waals surface area contributed by atoms with Gasteiger partial charge in [-0.1, -0.05) is 35.9 Å². The van der Waals surface area contributed by atoms with Crippen molar-refractivity contribution in [1.29, 1.82) is 0 Å². The molecular weight excluding hydrogens is 330 g/mol. The highest BCUT2D eigenvalue weighted by Crippen LogP contribution is 2.19. The number of halogens is 1. The molecule has 3 rings (SSSR count). The van der Waals surface area contributed by atoms with Gasteiger partial charge >= 0.3 is 0 Å². The summed E-state index contributed by atoms with van der Waals surface area (Å²) >= 11 is 5.97. The van der Waals surface area contributed by atoms with E-state index in [9.17, 15) is 0 Å². The van der Waals surface area contributed by atoms with Gasteiger partial charge in [0.25, 0.3) is 0 Å². The minimum absolute atomic E-state index is 0.797. The maximum Gasteiger partial charge on any atom is 0.0407 e. The molecular formula is C21H26ClN3. The van der Waals surface area contributed by atoms with Crippen molar-refractivity contribution in [2.45, 2.75) is 0 Å². The largest absolute Gasteiger partial charge is 0.378 e. The fraction of sp³-hybridized carbons (Fsp3) is 0.333. The lowest BCUT2D eigenvalue weighted by atomic mass is 10.2. The van der Waals surface area contributed by atoms with E-state index < -0.39 is 0 Å². The van der Waals surface area contributed by atoms with Crippen LogP contribution in [0.3, 0.4) is 0 Å². The van der Waals surface area contributed by atoms with Crippen LogP contribution < -0.4 is 9.80 Å². The second kappa shape index (κ2) is 8.41. The van der Waals surface area contributed by atoms with Gasteiger partial charge in [0, 0.05) is 63.2 Å². The molecule has 0 spiro atoms. The van der Waals surface area contributed by atoms with Crippen molar-refractivity contribution in [2.75, 3.05) is 56.6 Å². The summed E-state index contributed by atoms with van der Waals surface area (Å²) in [6, 6.07) is 16.8. The highest BCUT2D eigenvalue weighted by Gasteiger charge is 2.15. The summed E-state index contributed by atoms with van der Waals surface area (Å²) in [5, 5.41) is 0.797. The molecule has 1 aliphatic rings. The van der Waals surface area contributed by atoms with Gasteiger partial charge in [0.2, 0.25) is 0 Å². The smallest absolute Gasteiger partial charge is 0.0407 e. The van der Waals surface area contributed by atoms with E-state index in [4.69, 9.17) is 11.6 Å². The van der Waals surface area contributed by atoms with Crippen molar-refractivity contribution in [1.82, 2.24) is 4.90 Å². The lowest BCUT2D eigenvalue weighted by Crippen LogP contribution is -2.46. The number of nitrogens with zero attached hydrogens (tertiary/aromatic N) is 3. The number of hydrogen-bond donors (Lipinski definition) is 0. The third-order valence-electron chi connectivity index (χ3n) is 4.65. The standard InChI is InChI=1S/C21H26ClN3/c1-23(2)20-9-5-18(6-10-20)4-3-13-24-14-16-25(17-15-24)21-11-7-19(22)8-12-21/h3-12H,13-17H2,1-2H3. The van der Waals surface area contributed by atoms with Crippen molar-refractivity contribution >= 4 is 29.1 Å². The maximum atomic E-state index is 5.97. The molecule has 1 fully saturated rings. The summed E-state index contributed by atoms with van der Waals surface area (Å²) in [4.78, 5) is 7.04. The number of rotatable bonds is 5. The molecule has 1 heterocycles. The Bertz CT molecular complexity index is 684. The van der Waals surface area contributed by atoms with Crippen molar-refractivity contribution in [3.63, 3.8) is 0 Å². The number of benzene rings is 2. The summed E-state index contributed by atoms with van der Waals surface area (Å²) < 4.78 is 0. The number of piperazine rings is 1. The number of anilines is 2. The highest BCUT2D eigenvalue weighted by atomic mass is 35.5. The number of hydrogen-bond acceptors (Lipinski definition) is 3. The molecule has 1 aliphatic heterocycles. The molecule has 2 aromatic rings. The Kier molecular flexibility index (Phi) is 6.00. The summed E-state index contributed by atoms with van der Waals surface area (Å²) in [5.41, 5.74) is 3.75. The van der Waals surface area contributed by atoms with Gasteiger partial charge < -0.3 is 9.80 Å². The lowest BCUT2D eigenvalue weighted by Gasteiger charge is -2.35. The van der Waals surface area contributed by atoms with E-state index in [1.165, 1.54) is 16.9 Å². The highest BCUT2D eigenvalue weighted by molar-refractivity contribution is 6.30. The van der Waals surface area contributed by atoms with Crippen LogP contribution in [0.5, 0.6) is 0 Å². The molecule has 0 N–H and O–H groups in total. The van der Waals surface area contributed by atoms with Crippen LogP contribution in [0.4, 0.5) is 11.4 Å². The Balaban J connectivity index is 1.46. The first-order chi connectivity index (χ1) is 12.1. The molecule has 0 radical (unpaired) electrons. The summed E-state index contributed by atoms with van der Waals surface area (Å²) in [6.07, 6.45) is 4.48. The van der Waals surface area contributed by atoms with Crippen molar-refractivity contribution in [3.8, 4) is 0 Å². The van der Waals surface area contributed by atoms with Gasteiger partial charge in [0.15, 0.2) is 0 Å². The molecule has 0 unspecified atom stereocenters. The monoisotopic (exact) mass is 355 g/mol. The predicted octanol–water partition coefficient (Wildman–Crippen LogP) is 4.24. The predicted molar refractivity (Wildman–Crippen MR) is 110 cm³/mol. The maximum absolute atomic E-state index is 5.97. The van der Waals surface area contributed by atoms with E-state index in [1.807, 2.05) is 12.1 Å². The van der Waals surface area contributed by atoms with Gasteiger partial charge in [-0.05, 0) is 42.0 Å². The average molecular weight is 356 g/mol. The van der Waals surface area contributed by atoms with Crippen molar-refractivity contribution in [3.05, 3.63) is 65.2 Å². The molecule has 0 amide bonds. The van der Waals surface area contributed by atoms with Gasteiger partial charge in [-0.25, -0.2) is 0 Å². The fourth-order valence-corrected chi connectivity index (χ4v) is 3.19. The van der Waals surface area contributed by atoms with E-state index in [-0.39, 0.29) is 0 Å². The minimum atomic E-state index is 0.797. The molecule has 3 nitrogen and oxygen atoms in total. The van der Waals surface area contributed by atoms with Crippen LogP contribution in [-0.4, -0.2) is 51.7 Å². The molecule has 25 heavy (non-hydrogen) atoms. The molecule has 0 aromatic heterocycles. The Morgan fingerprint density at radius 2 is 1.56 bits per heavy atom. The molecule has 0 saturated carbocycles. The average Bonchev–Trinajstić information content (AvgIpc) is 2.63. The molecule has 2 aromatic carbocycles. The zero-order valence-corrected chi connectivity index (χ0v) is 15.8. The first-order valence-electron chi connectivity index (χ1n) is 8.78. The van der Waals surface area contributed by atoms with Crippen LogP contribution in [-0.2, 0) is 0 Å². The van der Waals surface area contributed by atoms with E-state index in [0.29, 0.717) is 0 Å².